The highest BCUT2D eigenvalue weighted by molar-refractivity contribution is 5.99. The lowest BCUT2D eigenvalue weighted by molar-refractivity contribution is -0.156. The van der Waals surface area contributed by atoms with E-state index in [-0.39, 0.29) is 11.8 Å². The first-order valence-electron chi connectivity index (χ1n) is 7.41. The van der Waals surface area contributed by atoms with Gasteiger partial charge in [0.05, 0.1) is 12.2 Å². The molecule has 0 aliphatic carbocycles. The van der Waals surface area contributed by atoms with Gasteiger partial charge in [0.1, 0.15) is 11.6 Å². The predicted octanol–water partition coefficient (Wildman–Crippen LogP) is 1.80. The van der Waals surface area contributed by atoms with Crippen LogP contribution in [0.25, 0.3) is 0 Å². The molecule has 1 aliphatic heterocycles. The number of aryl methyl sites for hydroxylation is 1. The van der Waals surface area contributed by atoms with Gasteiger partial charge in [0, 0.05) is 5.69 Å². The average molecular weight is 289 g/mol. The predicted molar refractivity (Wildman–Crippen MR) is 80.4 cm³/mol. The van der Waals surface area contributed by atoms with Gasteiger partial charge in [0.2, 0.25) is 11.8 Å². The maximum Gasteiger partial charge on any atom is 0.246 e. The normalized spacial score (nSPS) is 21.3. The van der Waals surface area contributed by atoms with E-state index in [0.717, 1.165) is 17.8 Å². The van der Waals surface area contributed by atoms with Crippen LogP contribution in [0.15, 0.2) is 18.2 Å². The van der Waals surface area contributed by atoms with Crippen LogP contribution in [0.5, 0.6) is 0 Å². The van der Waals surface area contributed by atoms with Gasteiger partial charge in [-0.3, -0.25) is 14.6 Å². The Bertz CT molecular complexity index is 554. The zero-order valence-corrected chi connectivity index (χ0v) is 13.1. The number of pyridine rings is 1. The molecule has 2 heterocycles. The van der Waals surface area contributed by atoms with Crippen molar-refractivity contribution in [1.29, 1.82) is 0 Å². The van der Waals surface area contributed by atoms with E-state index in [1.165, 1.54) is 0 Å². The monoisotopic (exact) mass is 289 g/mol. The molecule has 1 fully saturated rings. The molecule has 0 spiro atoms. The SMILES string of the molecule is CCCC1NC(=O)C(C)(C)N(Cc2cccc(C)n2)C1=O. The summed E-state index contributed by atoms with van der Waals surface area (Å²) in [5, 5.41) is 2.83. The van der Waals surface area contributed by atoms with E-state index < -0.39 is 11.6 Å². The van der Waals surface area contributed by atoms with Gasteiger partial charge in [-0.2, -0.15) is 0 Å². The van der Waals surface area contributed by atoms with Crippen molar-refractivity contribution < 1.29 is 9.59 Å². The number of hydrogen-bond donors (Lipinski definition) is 1. The maximum atomic E-state index is 12.6. The van der Waals surface area contributed by atoms with Gasteiger partial charge in [-0.15, -0.1) is 0 Å². The van der Waals surface area contributed by atoms with Gasteiger partial charge in [0.25, 0.3) is 0 Å². The molecule has 5 heteroatoms. The molecule has 21 heavy (non-hydrogen) atoms. The number of nitrogens with zero attached hydrogens (tertiary/aromatic N) is 2. The third-order valence-electron chi connectivity index (χ3n) is 3.94. The molecule has 5 nitrogen and oxygen atoms in total. The van der Waals surface area contributed by atoms with Crippen molar-refractivity contribution in [2.24, 2.45) is 0 Å². The van der Waals surface area contributed by atoms with Gasteiger partial charge in [-0.1, -0.05) is 19.4 Å². The third-order valence-corrected chi connectivity index (χ3v) is 3.94. The van der Waals surface area contributed by atoms with E-state index in [1.807, 2.05) is 32.0 Å². The first-order valence-corrected chi connectivity index (χ1v) is 7.41. The minimum absolute atomic E-state index is 0.0234. The standard InChI is InChI=1S/C16H23N3O2/c1-5-7-13-14(20)19(16(3,4)15(21)18-13)10-12-9-6-8-11(2)17-12/h6,8-9,13H,5,7,10H2,1-4H3,(H,18,21). The van der Waals surface area contributed by atoms with Crippen molar-refractivity contribution >= 4 is 11.8 Å². The average Bonchev–Trinajstić information content (AvgIpc) is 2.42. The lowest BCUT2D eigenvalue weighted by atomic mass is 9.94. The number of nitrogens with one attached hydrogen (secondary N) is 1. The molecular weight excluding hydrogens is 266 g/mol. The molecule has 0 radical (unpaired) electrons. The van der Waals surface area contributed by atoms with E-state index in [9.17, 15) is 9.59 Å². The Hall–Kier alpha value is -1.91. The third kappa shape index (κ3) is 3.06. The Morgan fingerprint density at radius 1 is 1.33 bits per heavy atom. The van der Waals surface area contributed by atoms with Crippen LogP contribution in [0.2, 0.25) is 0 Å². The zero-order chi connectivity index (χ0) is 15.6. The van der Waals surface area contributed by atoms with E-state index in [1.54, 1.807) is 18.7 Å². The Balaban J connectivity index is 2.28. The number of hydrogen-bond acceptors (Lipinski definition) is 3. The molecule has 0 bridgehead atoms. The van der Waals surface area contributed by atoms with Gasteiger partial charge in [-0.25, -0.2) is 0 Å². The Morgan fingerprint density at radius 3 is 2.67 bits per heavy atom. The fourth-order valence-electron chi connectivity index (χ4n) is 2.59. The molecule has 0 aromatic carbocycles. The van der Waals surface area contributed by atoms with Crippen LogP contribution >= 0.6 is 0 Å². The number of carbonyl (C=O) groups is 2. The van der Waals surface area contributed by atoms with E-state index >= 15 is 0 Å². The lowest BCUT2D eigenvalue weighted by Gasteiger charge is -2.44. The Labute approximate surface area is 125 Å². The van der Waals surface area contributed by atoms with Gasteiger partial charge >= 0.3 is 0 Å². The summed E-state index contributed by atoms with van der Waals surface area (Å²) in [6.07, 6.45) is 1.52. The van der Waals surface area contributed by atoms with Crippen LogP contribution in [0.1, 0.15) is 45.0 Å². The van der Waals surface area contributed by atoms with Crippen LogP contribution in [0.3, 0.4) is 0 Å². The summed E-state index contributed by atoms with van der Waals surface area (Å²) in [4.78, 5) is 31.0. The molecule has 1 aromatic heterocycles. The summed E-state index contributed by atoms with van der Waals surface area (Å²) in [6, 6.07) is 5.31. The molecular formula is C16H23N3O2. The van der Waals surface area contributed by atoms with Gasteiger partial charge in [0.15, 0.2) is 0 Å². The van der Waals surface area contributed by atoms with Crippen LogP contribution in [0, 0.1) is 6.92 Å². The molecule has 1 N–H and O–H groups in total. The summed E-state index contributed by atoms with van der Waals surface area (Å²) in [5.41, 5.74) is 0.859. The molecule has 2 rings (SSSR count). The molecule has 1 atom stereocenters. The van der Waals surface area contributed by atoms with Crippen LogP contribution in [-0.4, -0.2) is 33.3 Å². The zero-order valence-electron chi connectivity index (χ0n) is 13.1. The second-order valence-electron chi connectivity index (χ2n) is 6.07. The van der Waals surface area contributed by atoms with Crippen LogP contribution in [0.4, 0.5) is 0 Å². The van der Waals surface area contributed by atoms with E-state index in [2.05, 4.69) is 10.3 Å². The molecule has 0 saturated carbocycles. The summed E-state index contributed by atoms with van der Waals surface area (Å²) < 4.78 is 0. The van der Waals surface area contributed by atoms with E-state index in [0.29, 0.717) is 13.0 Å². The van der Waals surface area contributed by atoms with Crippen molar-refractivity contribution in [2.75, 3.05) is 0 Å². The molecule has 114 valence electrons. The number of amides is 2. The highest BCUT2D eigenvalue weighted by atomic mass is 16.2. The second-order valence-corrected chi connectivity index (χ2v) is 6.07. The topological polar surface area (TPSA) is 62.3 Å². The maximum absolute atomic E-state index is 12.6. The van der Waals surface area contributed by atoms with Crippen molar-refractivity contribution in [3.63, 3.8) is 0 Å². The molecule has 1 saturated heterocycles. The van der Waals surface area contributed by atoms with Crippen molar-refractivity contribution in [1.82, 2.24) is 15.2 Å². The van der Waals surface area contributed by atoms with Gasteiger partial charge in [-0.05, 0) is 39.3 Å². The minimum atomic E-state index is -0.854. The lowest BCUT2D eigenvalue weighted by Crippen LogP contribution is -2.67. The van der Waals surface area contributed by atoms with Crippen molar-refractivity contribution in [3.05, 3.63) is 29.6 Å². The first-order chi connectivity index (χ1) is 9.86. The van der Waals surface area contributed by atoms with Crippen LogP contribution in [-0.2, 0) is 16.1 Å². The fraction of sp³-hybridized carbons (Fsp3) is 0.562. The Kier molecular flexibility index (Phi) is 4.30. The number of carbonyl (C=O) groups excluding carboxylic acids is 2. The molecule has 2 amide bonds. The van der Waals surface area contributed by atoms with Crippen molar-refractivity contribution in [2.45, 2.75) is 58.7 Å². The smallest absolute Gasteiger partial charge is 0.246 e. The van der Waals surface area contributed by atoms with Crippen molar-refractivity contribution in [3.8, 4) is 0 Å². The highest BCUT2D eigenvalue weighted by Crippen LogP contribution is 2.24. The summed E-state index contributed by atoms with van der Waals surface area (Å²) in [7, 11) is 0. The number of piperazine rings is 1. The van der Waals surface area contributed by atoms with Crippen LogP contribution < -0.4 is 5.32 Å². The quantitative estimate of drug-likeness (QED) is 0.919. The fourth-order valence-corrected chi connectivity index (χ4v) is 2.59. The molecule has 1 unspecified atom stereocenters. The Morgan fingerprint density at radius 2 is 2.05 bits per heavy atom. The summed E-state index contributed by atoms with van der Waals surface area (Å²) in [6.45, 7) is 7.84. The second kappa shape index (κ2) is 5.84. The number of aromatic nitrogens is 1. The molecule has 1 aromatic rings. The first kappa shape index (κ1) is 15.5. The highest BCUT2D eigenvalue weighted by Gasteiger charge is 2.45. The largest absolute Gasteiger partial charge is 0.342 e. The number of rotatable bonds is 4. The van der Waals surface area contributed by atoms with E-state index in [4.69, 9.17) is 0 Å². The minimum Gasteiger partial charge on any atom is -0.342 e. The summed E-state index contributed by atoms with van der Waals surface area (Å²) >= 11 is 0. The molecule has 1 aliphatic rings. The van der Waals surface area contributed by atoms with Gasteiger partial charge < -0.3 is 10.2 Å². The summed E-state index contributed by atoms with van der Waals surface area (Å²) in [5.74, 6) is -0.127.